The molecule has 1 rings (SSSR count). The van der Waals surface area contributed by atoms with Gasteiger partial charge < -0.3 is 5.11 Å². The van der Waals surface area contributed by atoms with Gasteiger partial charge in [0.1, 0.15) is 0 Å². The number of hydrogen-bond donors (Lipinski definition) is 1. The fourth-order valence-electron chi connectivity index (χ4n) is 2.33. The second-order valence-corrected chi connectivity index (χ2v) is 6.47. The lowest BCUT2D eigenvalue weighted by Gasteiger charge is -2.28. The molecule has 0 aliphatic heterocycles. The van der Waals surface area contributed by atoms with Gasteiger partial charge in [0.2, 0.25) is 0 Å². The first-order valence-corrected chi connectivity index (χ1v) is 7.16. The van der Waals surface area contributed by atoms with Crippen molar-refractivity contribution in [1.29, 1.82) is 0 Å². The van der Waals surface area contributed by atoms with Crippen LogP contribution in [0.15, 0.2) is 0 Å². The van der Waals surface area contributed by atoms with Crippen molar-refractivity contribution in [2.75, 3.05) is 6.26 Å². The molecule has 0 heterocycles. The lowest BCUT2D eigenvalue weighted by Crippen LogP contribution is -2.42. The summed E-state index contributed by atoms with van der Waals surface area (Å²) in [6, 6.07) is 0. The standard InChI is InChI=1S/C11H18O3S/c1-3-4-5-8-11(12)9-6-7-10(11)15(2,13)14/h10,12H,5-9H2,1-2H3. The van der Waals surface area contributed by atoms with Crippen LogP contribution in [0.25, 0.3) is 0 Å². The van der Waals surface area contributed by atoms with Gasteiger partial charge in [-0.2, -0.15) is 0 Å². The Kier molecular flexibility index (Phi) is 3.80. The van der Waals surface area contributed by atoms with Crippen molar-refractivity contribution in [3.05, 3.63) is 0 Å². The first kappa shape index (κ1) is 12.5. The summed E-state index contributed by atoms with van der Waals surface area (Å²) in [5.41, 5.74) is -1.04. The SMILES string of the molecule is CC#CCCC1(O)CCCC1S(C)(=O)=O. The molecule has 1 fully saturated rings. The maximum absolute atomic E-state index is 11.5. The summed E-state index contributed by atoms with van der Waals surface area (Å²) >= 11 is 0. The van der Waals surface area contributed by atoms with Crippen LogP contribution >= 0.6 is 0 Å². The van der Waals surface area contributed by atoms with Crippen molar-refractivity contribution in [3.63, 3.8) is 0 Å². The van der Waals surface area contributed by atoms with Crippen LogP contribution in [0.4, 0.5) is 0 Å². The summed E-state index contributed by atoms with van der Waals surface area (Å²) in [5.74, 6) is 5.62. The fourth-order valence-corrected chi connectivity index (χ4v) is 3.95. The van der Waals surface area contributed by atoms with Crippen molar-refractivity contribution < 1.29 is 13.5 Å². The predicted molar refractivity (Wildman–Crippen MR) is 60.1 cm³/mol. The molecule has 1 saturated carbocycles. The highest BCUT2D eigenvalue weighted by Crippen LogP contribution is 2.37. The lowest BCUT2D eigenvalue weighted by molar-refractivity contribution is 0.0435. The molecule has 0 saturated heterocycles. The Morgan fingerprint density at radius 3 is 2.73 bits per heavy atom. The molecule has 86 valence electrons. The van der Waals surface area contributed by atoms with Crippen LogP contribution in [0.1, 0.15) is 39.0 Å². The molecular weight excluding hydrogens is 212 g/mol. The van der Waals surface area contributed by atoms with Gasteiger partial charge in [-0.1, -0.05) is 0 Å². The van der Waals surface area contributed by atoms with E-state index in [0.717, 1.165) is 6.42 Å². The summed E-state index contributed by atoms with van der Waals surface area (Å²) < 4.78 is 23.0. The summed E-state index contributed by atoms with van der Waals surface area (Å²) in [5, 5.41) is 9.67. The van der Waals surface area contributed by atoms with Crippen molar-refractivity contribution in [3.8, 4) is 11.8 Å². The predicted octanol–water partition coefficient (Wildman–Crippen LogP) is 1.12. The molecule has 0 radical (unpaired) electrons. The van der Waals surface area contributed by atoms with Gasteiger partial charge in [-0.05, 0) is 32.6 Å². The number of hydrogen-bond acceptors (Lipinski definition) is 3. The molecule has 2 atom stereocenters. The van der Waals surface area contributed by atoms with Gasteiger partial charge in [0.05, 0.1) is 10.9 Å². The van der Waals surface area contributed by atoms with Crippen LogP contribution in [-0.4, -0.2) is 30.6 Å². The Morgan fingerprint density at radius 2 is 2.20 bits per heavy atom. The monoisotopic (exact) mass is 230 g/mol. The maximum atomic E-state index is 11.5. The average molecular weight is 230 g/mol. The van der Waals surface area contributed by atoms with Crippen LogP contribution < -0.4 is 0 Å². The third kappa shape index (κ3) is 2.96. The topological polar surface area (TPSA) is 54.4 Å². The fraction of sp³-hybridized carbons (Fsp3) is 0.818. The van der Waals surface area contributed by atoms with Crippen LogP contribution in [0, 0.1) is 11.8 Å². The zero-order valence-electron chi connectivity index (χ0n) is 9.28. The molecule has 2 unspecified atom stereocenters. The zero-order chi connectivity index (χ0) is 11.5. The van der Waals surface area contributed by atoms with Gasteiger partial charge >= 0.3 is 0 Å². The highest BCUT2D eigenvalue weighted by atomic mass is 32.2. The van der Waals surface area contributed by atoms with Crippen LogP contribution in [0.2, 0.25) is 0 Å². The second-order valence-electron chi connectivity index (χ2n) is 4.24. The van der Waals surface area contributed by atoms with Gasteiger partial charge in [0.15, 0.2) is 9.84 Å². The van der Waals surface area contributed by atoms with E-state index in [1.807, 2.05) is 0 Å². The van der Waals surface area contributed by atoms with Gasteiger partial charge in [-0.3, -0.25) is 0 Å². The summed E-state index contributed by atoms with van der Waals surface area (Å²) in [4.78, 5) is 0. The molecular formula is C11H18O3S. The minimum Gasteiger partial charge on any atom is -0.389 e. The van der Waals surface area contributed by atoms with E-state index in [-0.39, 0.29) is 0 Å². The van der Waals surface area contributed by atoms with Crippen LogP contribution in [0.3, 0.4) is 0 Å². The van der Waals surface area contributed by atoms with Crippen molar-refractivity contribution in [1.82, 2.24) is 0 Å². The molecule has 0 bridgehead atoms. The van der Waals surface area contributed by atoms with Crippen molar-refractivity contribution >= 4 is 9.84 Å². The Hall–Kier alpha value is -0.530. The van der Waals surface area contributed by atoms with Crippen molar-refractivity contribution in [2.24, 2.45) is 0 Å². The average Bonchev–Trinajstić information content (AvgIpc) is 2.47. The number of sulfone groups is 1. The maximum Gasteiger partial charge on any atom is 0.153 e. The van der Waals surface area contributed by atoms with Gasteiger partial charge in [0, 0.05) is 12.7 Å². The van der Waals surface area contributed by atoms with E-state index in [9.17, 15) is 13.5 Å². The van der Waals surface area contributed by atoms with Gasteiger partial charge in [0.25, 0.3) is 0 Å². The van der Waals surface area contributed by atoms with Gasteiger partial charge in [-0.15, -0.1) is 11.8 Å². The normalized spacial score (nSPS) is 31.0. The quantitative estimate of drug-likeness (QED) is 0.739. The van der Waals surface area contributed by atoms with Crippen LogP contribution in [-0.2, 0) is 9.84 Å². The van der Waals surface area contributed by atoms with E-state index < -0.39 is 20.7 Å². The highest BCUT2D eigenvalue weighted by Gasteiger charge is 2.46. The second kappa shape index (κ2) is 4.54. The minimum atomic E-state index is -3.15. The largest absolute Gasteiger partial charge is 0.389 e. The Labute approximate surface area is 91.8 Å². The van der Waals surface area contributed by atoms with E-state index in [2.05, 4.69) is 11.8 Å². The molecule has 4 heteroatoms. The molecule has 0 aromatic rings. The molecule has 1 N–H and O–H groups in total. The third-order valence-corrected chi connectivity index (χ3v) is 4.76. The molecule has 1 aliphatic rings. The van der Waals surface area contributed by atoms with E-state index in [4.69, 9.17) is 0 Å². The third-order valence-electron chi connectivity index (χ3n) is 3.05. The number of aliphatic hydroxyl groups is 1. The zero-order valence-corrected chi connectivity index (χ0v) is 10.1. The molecule has 15 heavy (non-hydrogen) atoms. The summed E-state index contributed by atoms with van der Waals surface area (Å²) in [6.07, 6.45) is 4.18. The molecule has 0 aromatic heterocycles. The Balaban J connectivity index is 2.76. The molecule has 0 spiro atoms. The van der Waals surface area contributed by atoms with E-state index in [1.165, 1.54) is 6.26 Å². The van der Waals surface area contributed by atoms with Gasteiger partial charge in [-0.25, -0.2) is 8.42 Å². The van der Waals surface area contributed by atoms with E-state index >= 15 is 0 Å². The van der Waals surface area contributed by atoms with E-state index in [0.29, 0.717) is 25.7 Å². The Bertz CT molecular complexity index is 374. The van der Waals surface area contributed by atoms with E-state index in [1.54, 1.807) is 6.92 Å². The van der Waals surface area contributed by atoms with Crippen LogP contribution in [0.5, 0.6) is 0 Å². The smallest absolute Gasteiger partial charge is 0.153 e. The first-order chi connectivity index (χ1) is 6.90. The summed E-state index contributed by atoms with van der Waals surface area (Å²) in [6.45, 7) is 1.74. The highest BCUT2D eigenvalue weighted by molar-refractivity contribution is 7.91. The molecule has 1 aliphatic carbocycles. The van der Waals surface area contributed by atoms with Crippen molar-refractivity contribution in [2.45, 2.75) is 49.9 Å². The molecule has 3 nitrogen and oxygen atoms in total. The molecule has 0 amide bonds. The number of rotatable bonds is 3. The summed E-state index contributed by atoms with van der Waals surface area (Å²) in [7, 11) is -3.15. The minimum absolute atomic E-state index is 0.464. The first-order valence-electron chi connectivity index (χ1n) is 5.21. The Morgan fingerprint density at radius 1 is 1.53 bits per heavy atom. The molecule has 0 aromatic carbocycles. The lowest BCUT2D eigenvalue weighted by atomic mass is 9.96.